The largest absolute Gasteiger partial charge is 0.340 e. The van der Waals surface area contributed by atoms with Gasteiger partial charge in [-0.05, 0) is 26.3 Å². The van der Waals surface area contributed by atoms with Crippen LogP contribution in [0.3, 0.4) is 0 Å². The summed E-state index contributed by atoms with van der Waals surface area (Å²) in [6.07, 6.45) is 3.45. The second kappa shape index (κ2) is 5.35. The van der Waals surface area contributed by atoms with Gasteiger partial charge in [0.15, 0.2) is 9.84 Å². The van der Waals surface area contributed by atoms with E-state index < -0.39 is 9.84 Å². The maximum Gasteiger partial charge on any atom is 0.225 e. The number of aromatic amines is 1. The van der Waals surface area contributed by atoms with Crippen LogP contribution in [0.2, 0.25) is 0 Å². The molecule has 1 aliphatic rings. The quantitative estimate of drug-likeness (QED) is 0.913. The Balaban J connectivity index is 1.85. The lowest BCUT2D eigenvalue weighted by atomic mass is 10.1. The van der Waals surface area contributed by atoms with Gasteiger partial charge in [-0.25, -0.2) is 18.4 Å². The third-order valence-electron chi connectivity index (χ3n) is 3.88. The molecule has 2 aromatic rings. The summed E-state index contributed by atoms with van der Waals surface area (Å²) in [7, 11) is -3.27. The summed E-state index contributed by atoms with van der Waals surface area (Å²) < 4.78 is 23.6. The summed E-state index contributed by atoms with van der Waals surface area (Å²) in [6.45, 7) is 5.38. The molecule has 0 aromatic carbocycles. The molecular weight excluding hydrogens is 302 g/mol. The molecule has 1 atom stereocenters. The van der Waals surface area contributed by atoms with Crippen LogP contribution >= 0.6 is 0 Å². The van der Waals surface area contributed by atoms with Crippen molar-refractivity contribution in [2.24, 2.45) is 0 Å². The van der Waals surface area contributed by atoms with Crippen LogP contribution in [0, 0.1) is 13.8 Å². The van der Waals surface area contributed by atoms with E-state index in [9.17, 15) is 8.42 Å². The fourth-order valence-electron chi connectivity index (χ4n) is 2.90. The van der Waals surface area contributed by atoms with Crippen LogP contribution in [0.25, 0.3) is 0 Å². The van der Waals surface area contributed by atoms with E-state index in [4.69, 9.17) is 0 Å². The van der Waals surface area contributed by atoms with E-state index in [0.29, 0.717) is 23.1 Å². The Morgan fingerprint density at radius 2 is 1.95 bits per heavy atom. The molecule has 0 spiro atoms. The first-order chi connectivity index (χ1) is 10.3. The Labute approximate surface area is 129 Å². The van der Waals surface area contributed by atoms with Crippen molar-refractivity contribution in [3.05, 3.63) is 29.3 Å². The number of H-pyrrole nitrogens is 1. The third-order valence-corrected chi connectivity index (χ3v) is 5.01. The summed E-state index contributed by atoms with van der Waals surface area (Å²) >= 11 is 0. The number of hydrogen-bond donors (Lipinski definition) is 1. The summed E-state index contributed by atoms with van der Waals surface area (Å²) in [5, 5.41) is 6.76. The predicted molar refractivity (Wildman–Crippen MR) is 82.8 cm³/mol. The van der Waals surface area contributed by atoms with Crippen LogP contribution in [0.5, 0.6) is 0 Å². The number of aromatic nitrogens is 4. The van der Waals surface area contributed by atoms with Gasteiger partial charge in [-0.1, -0.05) is 0 Å². The lowest BCUT2D eigenvalue weighted by molar-refractivity contribution is 0.598. The lowest BCUT2D eigenvalue weighted by Crippen LogP contribution is -2.22. The smallest absolute Gasteiger partial charge is 0.225 e. The Morgan fingerprint density at radius 3 is 2.59 bits per heavy atom. The average molecular weight is 321 g/mol. The SMILES string of the molecule is Cc1cc(C)nc(N2CC[C@@H](c3[nH]ncc3S(C)(=O)=O)C2)n1. The first-order valence-corrected chi connectivity index (χ1v) is 9.04. The van der Waals surface area contributed by atoms with Crippen LogP contribution < -0.4 is 4.90 Å². The van der Waals surface area contributed by atoms with E-state index in [-0.39, 0.29) is 5.92 Å². The van der Waals surface area contributed by atoms with E-state index in [2.05, 4.69) is 25.1 Å². The molecule has 118 valence electrons. The topological polar surface area (TPSA) is 91.8 Å². The normalized spacial score (nSPS) is 18.9. The maximum atomic E-state index is 11.8. The van der Waals surface area contributed by atoms with Crippen LogP contribution in [-0.4, -0.2) is 47.9 Å². The van der Waals surface area contributed by atoms with Crippen molar-refractivity contribution in [1.29, 1.82) is 0 Å². The zero-order chi connectivity index (χ0) is 15.9. The molecule has 8 heteroatoms. The zero-order valence-corrected chi connectivity index (χ0v) is 13.7. The van der Waals surface area contributed by atoms with Crippen molar-refractivity contribution >= 4 is 15.8 Å². The molecule has 0 unspecified atom stereocenters. The van der Waals surface area contributed by atoms with Gasteiger partial charge in [0.05, 0.1) is 11.9 Å². The second-order valence-corrected chi connectivity index (χ2v) is 7.79. The van der Waals surface area contributed by atoms with Gasteiger partial charge < -0.3 is 4.90 Å². The molecule has 1 fully saturated rings. The number of rotatable bonds is 3. The molecule has 1 saturated heterocycles. The Kier molecular flexibility index (Phi) is 3.64. The van der Waals surface area contributed by atoms with Crippen LogP contribution in [0.1, 0.15) is 29.4 Å². The summed E-state index contributed by atoms with van der Waals surface area (Å²) in [6, 6.07) is 1.94. The van der Waals surface area contributed by atoms with Crippen molar-refractivity contribution in [1.82, 2.24) is 20.2 Å². The first-order valence-electron chi connectivity index (χ1n) is 7.15. The van der Waals surface area contributed by atoms with Gasteiger partial charge >= 0.3 is 0 Å². The van der Waals surface area contributed by atoms with E-state index in [1.165, 1.54) is 12.5 Å². The Hall–Kier alpha value is -1.96. The average Bonchev–Trinajstić information content (AvgIpc) is 3.06. The lowest BCUT2D eigenvalue weighted by Gasteiger charge is -2.17. The van der Waals surface area contributed by atoms with Gasteiger partial charge in [-0.3, -0.25) is 5.10 Å². The highest BCUT2D eigenvalue weighted by molar-refractivity contribution is 7.90. The molecule has 2 aromatic heterocycles. The molecule has 7 nitrogen and oxygen atoms in total. The molecule has 0 bridgehead atoms. The number of aryl methyl sites for hydroxylation is 2. The van der Waals surface area contributed by atoms with Crippen molar-refractivity contribution in [2.75, 3.05) is 24.2 Å². The minimum atomic E-state index is -3.27. The van der Waals surface area contributed by atoms with Crippen LogP contribution in [0.4, 0.5) is 5.95 Å². The van der Waals surface area contributed by atoms with Gasteiger partial charge in [0.25, 0.3) is 0 Å². The fraction of sp³-hybridized carbons (Fsp3) is 0.500. The van der Waals surface area contributed by atoms with E-state index in [1.54, 1.807) is 0 Å². The van der Waals surface area contributed by atoms with Crippen molar-refractivity contribution in [2.45, 2.75) is 31.1 Å². The molecule has 0 amide bonds. The highest BCUT2D eigenvalue weighted by Crippen LogP contribution is 2.31. The minimum absolute atomic E-state index is 0.0941. The van der Waals surface area contributed by atoms with Gasteiger partial charge in [0.2, 0.25) is 5.95 Å². The van der Waals surface area contributed by atoms with Crippen molar-refractivity contribution in [3.8, 4) is 0 Å². The number of nitrogens with zero attached hydrogens (tertiary/aromatic N) is 4. The monoisotopic (exact) mass is 321 g/mol. The Morgan fingerprint density at radius 1 is 1.27 bits per heavy atom. The number of nitrogens with one attached hydrogen (secondary N) is 1. The van der Waals surface area contributed by atoms with Gasteiger partial charge in [-0.2, -0.15) is 5.10 Å². The summed E-state index contributed by atoms with van der Waals surface area (Å²) in [5.41, 5.74) is 2.56. The fourth-order valence-corrected chi connectivity index (χ4v) is 3.76. The highest BCUT2D eigenvalue weighted by Gasteiger charge is 2.30. The number of hydrogen-bond acceptors (Lipinski definition) is 6. The Bertz CT molecular complexity index is 779. The van der Waals surface area contributed by atoms with Gasteiger partial charge in [0.1, 0.15) is 4.90 Å². The highest BCUT2D eigenvalue weighted by atomic mass is 32.2. The van der Waals surface area contributed by atoms with E-state index in [1.807, 2.05) is 19.9 Å². The van der Waals surface area contributed by atoms with E-state index >= 15 is 0 Å². The van der Waals surface area contributed by atoms with Gasteiger partial charge in [-0.15, -0.1) is 0 Å². The van der Waals surface area contributed by atoms with E-state index in [0.717, 1.165) is 24.4 Å². The molecule has 0 radical (unpaired) electrons. The summed E-state index contributed by atoms with van der Waals surface area (Å²) in [4.78, 5) is 11.3. The molecule has 3 heterocycles. The molecular formula is C14H19N5O2S. The van der Waals surface area contributed by atoms with Crippen molar-refractivity contribution < 1.29 is 8.42 Å². The van der Waals surface area contributed by atoms with Gasteiger partial charge in [0, 0.05) is 36.7 Å². The summed E-state index contributed by atoms with van der Waals surface area (Å²) in [5.74, 6) is 0.803. The number of sulfone groups is 1. The molecule has 1 N–H and O–H groups in total. The molecule has 0 aliphatic carbocycles. The molecule has 3 rings (SSSR count). The minimum Gasteiger partial charge on any atom is -0.340 e. The van der Waals surface area contributed by atoms with Crippen LogP contribution in [0.15, 0.2) is 17.2 Å². The van der Waals surface area contributed by atoms with Crippen molar-refractivity contribution in [3.63, 3.8) is 0 Å². The third kappa shape index (κ3) is 2.83. The molecule has 0 saturated carbocycles. The van der Waals surface area contributed by atoms with Crippen LogP contribution in [-0.2, 0) is 9.84 Å². The second-order valence-electron chi connectivity index (χ2n) is 5.80. The predicted octanol–water partition coefficient (Wildman–Crippen LogP) is 1.21. The maximum absolute atomic E-state index is 11.8. The standard InChI is InChI=1S/C14H19N5O2S/c1-9-6-10(2)17-14(16-9)19-5-4-11(8-19)13-12(7-15-18-13)22(3,20)21/h6-7,11H,4-5,8H2,1-3H3,(H,15,18)/t11-/m1/s1. The number of anilines is 1. The molecule has 22 heavy (non-hydrogen) atoms. The first kappa shape index (κ1) is 15.0. The molecule has 1 aliphatic heterocycles. The zero-order valence-electron chi connectivity index (χ0n) is 12.9.